The highest BCUT2D eigenvalue weighted by molar-refractivity contribution is 5.34. The molecule has 0 aliphatic carbocycles. The molecule has 0 fully saturated rings. The van der Waals surface area contributed by atoms with Crippen LogP contribution in [0.4, 0.5) is 8.78 Å². The molecule has 1 atom stereocenters. The standard InChI is InChI=1S/C9H11F2NO/c1-5(12)2-6-3-7(10)4-8(11)9(6)13/h3-5,13H,2,12H2,1H3/t5-/m0/s1. The molecule has 0 saturated heterocycles. The minimum atomic E-state index is -0.948. The van der Waals surface area contributed by atoms with Gasteiger partial charge >= 0.3 is 0 Å². The topological polar surface area (TPSA) is 46.2 Å². The lowest BCUT2D eigenvalue weighted by Gasteiger charge is -2.07. The molecule has 3 N–H and O–H groups in total. The summed E-state index contributed by atoms with van der Waals surface area (Å²) in [6, 6.07) is 1.48. The number of hydrogen-bond acceptors (Lipinski definition) is 2. The Morgan fingerprint density at radius 1 is 1.46 bits per heavy atom. The average Bonchev–Trinajstić information content (AvgIpc) is 1.98. The van der Waals surface area contributed by atoms with E-state index in [2.05, 4.69) is 0 Å². The summed E-state index contributed by atoms with van der Waals surface area (Å²) in [5, 5.41) is 9.17. The maximum atomic E-state index is 12.8. The zero-order valence-corrected chi connectivity index (χ0v) is 7.22. The van der Waals surface area contributed by atoms with Gasteiger partial charge in [-0.3, -0.25) is 0 Å². The highest BCUT2D eigenvalue weighted by Gasteiger charge is 2.10. The van der Waals surface area contributed by atoms with Crippen molar-refractivity contribution in [2.75, 3.05) is 0 Å². The Kier molecular flexibility index (Phi) is 2.83. The second-order valence-corrected chi connectivity index (χ2v) is 3.08. The lowest BCUT2D eigenvalue weighted by Crippen LogP contribution is -2.18. The molecule has 0 radical (unpaired) electrons. The minimum Gasteiger partial charge on any atom is -0.505 e. The van der Waals surface area contributed by atoms with Crippen molar-refractivity contribution in [2.45, 2.75) is 19.4 Å². The summed E-state index contributed by atoms with van der Waals surface area (Å²) in [7, 11) is 0. The van der Waals surface area contributed by atoms with Crippen LogP contribution >= 0.6 is 0 Å². The van der Waals surface area contributed by atoms with Crippen LogP contribution in [0.1, 0.15) is 12.5 Å². The summed E-state index contributed by atoms with van der Waals surface area (Å²) in [6.07, 6.45) is 0.251. The summed E-state index contributed by atoms with van der Waals surface area (Å²) in [6.45, 7) is 1.70. The second-order valence-electron chi connectivity index (χ2n) is 3.08. The maximum absolute atomic E-state index is 12.8. The van der Waals surface area contributed by atoms with Crippen LogP contribution in [0.15, 0.2) is 12.1 Å². The summed E-state index contributed by atoms with van der Waals surface area (Å²) < 4.78 is 25.4. The van der Waals surface area contributed by atoms with Crippen LogP contribution in [0, 0.1) is 11.6 Å². The molecular weight excluding hydrogens is 176 g/mol. The van der Waals surface area contributed by atoms with Gasteiger partial charge in [-0.25, -0.2) is 8.78 Å². The molecule has 0 aliphatic heterocycles. The van der Waals surface area contributed by atoms with Gasteiger partial charge in [0.1, 0.15) is 5.82 Å². The van der Waals surface area contributed by atoms with Crippen molar-refractivity contribution in [1.82, 2.24) is 0 Å². The molecule has 72 valence electrons. The van der Waals surface area contributed by atoms with E-state index in [0.29, 0.717) is 6.07 Å². The van der Waals surface area contributed by atoms with E-state index in [1.165, 1.54) is 0 Å². The third kappa shape index (κ3) is 2.39. The fraction of sp³-hybridized carbons (Fsp3) is 0.333. The van der Waals surface area contributed by atoms with Gasteiger partial charge in [0.25, 0.3) is 0 Å². The van der Waals surface area contributed by atoms with Crippen LogP contribution < -0.4 is 5.73 Å². The first-order valence-corrected chi connectivity index (χ1v) is 3.93. The minimum absolute atomic E-state index is 0.201. The molecule has 0 saturated carbocycles. The molecule has 2 nitrogen and oxygen atoms in total. The van der Waals surface area contributed by atoms with Crippen molar-refractivity contribution in [3.8, 4) is 5.75 Å². The SMILES string of the molecule is C[C@H](N)Cc1cc(F)cc(F)c1O. The lowest BCUT2D eigenvalue weighted by molar-refractivity contribution is 0.419. The monoisotopic (exact) mass is 187 g/mol. The van der Waals surface area contributed by atoms with Gasteiger partial charge in [0.15, 0.2) is 11.6 Å². The molecule has 0 aliphatic rings. The van der Waals surface area contributed by atoms with Gasteiger partial charge in [0.2, 0.25) is 0 Å². The van der Waals surface area contributed by atoms with Crippen molar-refractivity contribution in [3.63, 3.8) is 0 Å². The first-order valence-electron chi connectivity index (χ1n) is 3.93. The van der Waals surface area contributed by atoms with Gasteiger partial charge in [-0.15, -0.1) is 0 Å². The number of nitrogens with two attached hydrogens (primary N) is 1. The summed E-state index contributed by atoms with van der Waals surface area (Å²) in [5.74, 6) is -2.17. The molecule has 1 aromatic rings. The Morgan fingerprint density at radius 3 is 2.62 bits per heavy atom. The normalized spacial score (nSPS) is 12.9. The van der Waals surface area contributed by atoms with Gasteiger partial charge in [-0.1, -0.05) is 0 Å². The van der Waals surface area contributed by atoms with Crippen molar-refractivity contribution in [1.29, 1.82) is 0 Å². The molecule has 13 heavy (non-hydrogen) atoms. The fourth-order valence-corrected chi connectivity index (χ4v) is 1.12. The van der Waals surface area contributed by atoms with Crippen molar-refractivity contribution in [2.24, 2.45) is 5.73 Å². The van der Waals surface area contributed by atoms with E-state index in [9.17, 15) is 13.9 Å². The van der Waals surface area contributed by atoms with E-state index >= 15 is 0 Å². The Hall–Kier alpha value is -1.16. The molecule has 1 rings (SSSR count). The van der Waals surface area contributed by atoms with Crippen LogP contribution in [0.3, 0.4) is 0 Å². The molecule has 0 amide bonds. The van der Waals surface area contributed by atoms with E-state index in [1.54, 1.807) is 6.92 Å². The maximum Gasteiger partial charge on any atom is 0.168 e. The smallest absolute Gasteiger partial charge is 0.168 e. The Labute approximate surface area is 75.0 Å². The van der Waals surface area contributed by atoms with Crippen molar-refractivity contribution < 1.29 is 13.9 Å². The third-order valence-electron chi connectivity index (χ3n) is 1.65. The number of hydrogen-bond donors (Lipinski definition) is 2. The fourth-order valence-electron chi connectivity index (χ4n) is 1.12. The van der Waals surface area contributed by atoms with Crippen LogP contribution in [0.5, 0.6) is 5.75 Å². The third-order valence-corrected chi connectivity index (χ3v) is 1.65. The van der Waals surface area contributed by atoms with E-state index in [0.717, 1.165) is 6.07 Å². The van der Waals surface area contributed by atoms with Crippen molar-refractivity contribution >= 4 is 0 Å². The largest absolute Gasteiger partial charge is 0.505 e. The summed E-state index contributed by atoms with van der Waals surface area (Å²) >= 11 is 0. The quantitative estimate of drug-likeness (QED) is 0.738. The van der Waals surface area contributed by atoms with E-state index in [4.69, 9.17) is 5.73 Å². The first kappa shape index (κ1) is 9.92. The molecular formula is C9H11F2NO. The Balaban J connectivity index is 3.05. The number of phenolic OH excluding ortho intramolecular Hbond substituents is 1. The number of halogens is 2. The van der Waals surface area contributed by atoms with Crippen molar-refractivity contribution in [3.05, 3.63) is 29.3 Å². The molecule has 0 spiro atoms. The lowest BCUT2D eigenvalue weighted by atomic mass is 10.1. The van der Waals surface area contributed by atoms with Crippen LogP contribution in [-0.2, 0) is 6.42 Å². The average molecular weight is 187 g/mol. The second kappa shape index (κ2) is 3.70. The number of aromatic hydroxyl groups is 1. The van der Waals surface area contributed by atoms with Gasteiger partial charge in [0.05, 0.1) is 0 Å². The van der Waals surface area contributed by atoms with E-state index in [1.807, 2.05) is 0 Å². The van der Waals surface area contributed by atoms with Gasteiger partial charge in [0, 0.05) is 17.7 Å². The van der Waals surface area contributed by atoms with E-state index < -0.39 is 17.4 Å². The predicted molar refractivity (Wildman–Crippen MR) is 45.4 cm³/mol. The predicted octanol–water partition coefficient (Wildman–Crippen LogP) is 1.56. The number of rotatable bonds is 2. The number of benzene rings is 1. The highest BCUT2D eigenvalue weighted by atomic mass is 19.1. The zero-order valence-electron chi connectivity index (χ0n) is 7.22. The van der Waals surface area contributed by atoms with Gasteiger partial charge in [-0.05, 0) is 19.4 Å². The molecule has 0 aromatic heterocycles. The van der Waals surface area contributed by atoms with Gasteiger partial charge < -0.3 is 10.8 Å². The molecule has 4 heteroatoms. The molecule has 0 heterocycles. The molecule has 0 unspecified atom stereocenters. The van der Waals surface area contributed by atoms with Gasteiger partial charge in [-0.2, -0.15) is 0 Å². The Bertz CT molecular complexity index is 313. The molecule has 1 aromatic carbocycles. The summed E-state index contributed by atoms with van der Waals surface area (Å²) in [4.78, 5) is 0. The summed E-state index contributed by atoms with van der Waals surface area (Å²) in [5.41, 5.74) is 5.64. The van der Waals surface area contributed by atoms with Crippen LogP contribution in [0.25, 0.3) is 0 Å². The zero-order chi connectivity index (χ0) is 10.0. The Morgan fingerprint density at radius 2 is 2.08 bits per heavy atom. The highest BCUT2D eigenvalue weighted by Crippen LogP contribution is 2.23. The van der Waals surface area contributed by atoms with E-state index in [-0.39, 0.29) is 18.0 Å². The molecule has 0 bridgehead atoms. The van der Waals surface area contributed by atoms with Crippen LogP contribution in [-0.4, -0.2) is 11.1 Å². The van der Waals surface area contributed by atoms with Crippen LogP contribution in [0.2, 0.25) is 0 Å². The first-order chi connectivity index (χ1) is 6.00. The number of phenols is 1.